The first-order valence-corrected chi connectivity index (χ1v) is 4.85. The molecule has 16 heavy (non-hydrogen) atoms. The zero-order chi connectivity index (χ0) is 10.9. The molecule has 1 aromatic carbocycles. The predicted octanol–water partition coefficient (Wildman–Crippen LogP) is 3.14. The van der Waals surface area contributed by atoms with Gasteiger partial charge in [-0.3, -0.25) is 4.98 Å². The van der Waals surface area contributed by atoms with E-state index in [4.69, 9.17) is 0 Å². The molecule has 2 aromatic rings. The van der Waals surface area contributed by atoms with Crippen molar-refractivity contribution in [2.24, 2.45) is 0 Å². The molecule has 0 amide bonds. The molecule has 0 saturated carbocycles. The van der Waals surface area contributed by atoms with Crippen molar-refractivity contribution in [3.05, 3.63) is 54.9 Å². The molecule has 0 spiro atoms. The Morgan fingerprint density at radius 2 is 1.25 bits per heavy atom. The van der Waals surface area contributed by atoms with Crippen LogP contribution in [0.15, 0.2) is 54.9 Å². The van der Waals surface area contributed by atoms with E-state index < -0.39 is 0 Å². The van der Waals surface area contributed by atoms with Crippen molar-refractivity contribution < 1.29 is 3.84 Å². The van der Waals surface area contributed by atoms with Crippen LogP contribution in [0, 0.1) is 0 Å². The quantitative estimate of drug-likeness (QED) is 0.752. The van der Waals surface area contributed by atoms with Crippen LogP contribution in [-0.2, 0) is 3.84 Å². The number of hydrogen-bond donors (Lipinski definition) is 0. The summed E-state index contributed by atoms with van der Waals surface area (Å²) in [6, 6.07) is 14.3. The summed E-state index contributed by atoms with van der Waals surface area (Å²) in [6.07, 6.45) is 3.62. The van der Waals surface area contributed by atoms with E-state index in [9.17, 15) is 0 Å². The van der Waals surface area contributed by atoms with E-state index in [-0.39, 0.29) is 17.1 Å². The maximum atomic E-state index is 4.26. The van der Waals surface area contributed by atoms with Gasteiger partial charge >= 0.3 is 17.1 Å². The number of rotatable bonds is 1. The first kappa shape index (κ1) is 15.4. The molecule has 5 heteroatoms. The minimum atomic E-state index is 0. The number of aromatic nitrogens is 1. The van der Waals surface area contributed by atoms with E-state index in [2.05, 4.69) is 44.7 Å². The van der Waals surface area contributed by atoms with Crippen molar-refractivity contribution in [3.63, 3.8) is 0 Å². The van der Waals surface area contributed by atoms with Gasteiger partial charge in [-0.25, -0.2) is 0 Å². The summed E-state index contributed by atoms with van der Waals surface area (Å²) in [7, 11) is 0. The monoisotopic (exact) mass is 323 g/mol. The summed E-state index contributed by atoms with van der Waals surface area (Å²) >= 11 is 8.53. The van der Waals surface area contributed by atoms with Gasteiger partial charge in [0.25, 0.3) is 0 Å². The third-order valence-electron chi connectivity index (χ3n) is 1.79. The molecule has 0 saturated heterocycles. The van der Waals surface area contributed by atoms with Gasteiger partial charge in [-0.05, 0) is 23.3 Å². The SMILES string of the molecule is ClOCl.[SeH2].c1ccc(-c2ccncc2)cc1. The van der Waals surface area contributed by atoms with Gasteiger partial charge in [0.15, 0.2) is 0 Å². The molecular formula is C11H11Cl2NOSe. The molecule has 0 aliphatic rings. The third kappa shape index (κ3) is 5.50. The molecule has 0 radical (unpaired) electrons. The van der Waals surface area contributed by atoms with E-state index in [1.807, 2.05) is 42.7 Å². The maximum Gasteiger partial charge on any atom is 0.0273 e. The standard InChI is InChI=1S/C11H9N.Cl2O.H2Se/c1-2-4-10(5-3-1)11-6-8-12-9-7-11;1-3-2;/h1-9H;;1H2. The second kappa shape index (κ2) is 9.64. The smallest absolute Gasteiger partial charge is 0.0273 e. The van der Waals surface area contributed by atoms with Gasteiger partial charge in [-0.1, -0.05) is 30.3 Å². The van der Waals surface area contributed by atoms with Crippen LogP contribution in [-0.4, -0.2) is 22.1 Å². The summed E-state index contributed by atoms with van der Waals surface area (Å²) in [5.41, 5.74) is 2.45. The molecule has 0 atom stereocenters. The Balaban J connectivity index is 0.000000511. The third-order valence-corrected chi connectivity index (χ3v) is 1.79. The van der Waals surface area contributed by atoms with Gasteiger partial charge in [0, 0.05) is 12.4 Å². The zero-order valence-electron chi connectivity index (χ0n) is 8.31. The van der Waals surface area contributed by atoms with E-state index in [1.54, 1.807) is 0 Å². The summed E-state index contributed by atoms with van der Waals surface area (Å²) in [6.45, 7) is 0. The molecule has 0 aliphatic carbocycles. The average Bonchev–Trinajstić information content (AvgIpc) is 2.32. The number of pyridine rings is 1. The number of halogens is 2. The molecule has 0 N–H and O–H groups in total. The van der Waals surface area contributed by atoms with E-state index >= 15 is 0 Å². The second-order valence-electron chi connectivity index (χ2n) is 2.66. The van der Waals surface area contributed by atoms with Crippen LogP contribution in [0.1, 0.15) is 0 Å². The van der Waals surface area contributed by atoms with E-state index in [0.717, 1.165) is 0 Å². The van der Waals surface area contributed by atoms with Crippen LogP contribution in [0.25, 0.3) is 11.1 Å². The Labute approximate surface area is 115 Å². The Morgan fingerprint density at radius 3 is 1.75 bits per heavy atom. The largest absolute Gasteiger partial charge is 0.265 e. The summed E-state index contributed by atoms with van der Waals surface area (Å²) in [5.74, 6) is 0. The van der Waals surface area contributed by atoms with Gasteiger partial charge in [0.1, 0.15) is 0 Å². The van der Waals surface area contributed by atoms with Gasteiger partial charge in [0.2, 0.25) is 0 Å². The molecule has 0 bridgehead atoms. The van der Waals surface area contributed by atoms with Crippen molar-refractivity contribution in [1.29, 1.82) is 0 Å². The Kier molecular flexibility index (Phi) is 9.30. The average molecular weight is 323 g/mol. The van der Waals surface area contributed by atoms with Crippen molar-refractivity contribution in [2.45, 2.75) is 0 Å². The molecule has 0 aliphatic heterocycles. The van der Waals surface area contributed by atoms with Crippen LogP contribution in [0.5, 0.6) is 0 Å². The van der Waals surface area contributed by atoms with Gasteiger partial charge in [-0.2, -0.15) is 3.84 Å². The number of hydrogen-bond acceptors (Lipinski definition) is 2. The molecular weight excluding hydrogens is 312 g/mol. The summed E-state index contributed by atoms with van der Waals surface area (Å²) in [5, 5.41) is 0. The predicted molar refractivity (Wildman–Crippen MR) is 71.0 cm³/mol. The van der Waals surface area contributed by atoms with Crippen molar-refractivity contribution in [3.8, 4) is 11.1 Å². The van der Waals surface area contributed by atoms with Crippen LogP contribution in [0.4, 0.5) is 0 Å². The van der Waals surface area contributed by atoms with Crippen LogP contribution >= 0.6 is 23.7 Å². The molecule has 2 nitrogen and oxygen atoms in total. The number of benzene rings is 1. The van der Waals surface area contributed by atoms with Crippen LogP contribution in [0.3, 0.4) is 0 Å². The molecule has 0 fully saturated rings. The molecule has 1 aromatic heterocycles. The summed E-state index contributed by atoms with van der Waals surface area (Å²) < 4.78 is 3.19. The Hall–Kier alpha value is -0.571. The van der Waals surface area contributed by atoms with Crippen molar-refractivity contribution in [1.82, 2.24) is 4.98 Å². The van der Waals surface area contributed by atoms with Crippen molar-refractivity contribution >= 4 is 40.8 Å². The fourth-order valence-corrected chi connectivity index (χ4v) is 1.17. The van der Waals surface area contributed by atoms with Gasteiger partial charge in [0.05, 0.1) is 23.7 Å². The fourth-order valence-electron chi connectivity index (χ4n) is 1.17. The zero-order valence-corrected chi connectivity index (χ0v) is 11.9. The first-order valence-electron chi connectivity index (χ1n) is 4.23. The van der Waals surface area contributed by atoms with Crippen LogP contribution < -0.4 is 0 Å². The fraction of sp³-hybridized carbons (Fsp3) is 0. The van der Waals surface area contributed by atoms with Crippen LogP contribution in [0.2, 0.25) is 0 Å². The molecule has 2 rings (SSSR count). The van der Waals surface area contributed by atoms with E-state index in [1.165, 1.54) is 11.1 Å². The molecule has 1 heterocycles. The summed E-state index contributed by atoms with van der Waals surface area (Å²) in [4.78, 5) is 3.97. The topological polar surface area (TPSA) is 22.1 Å². The minimum Gasteiger partial charge on any atom is -0.265 e. The van der Waals surface area contributed by atoms with Crippen molar-refractivity contribution in [2.75, 3.05) is 0 Å². The minimum absolute atomic E-state index is 0. The molecule has 0 unspecified atom stereocenters. The maximum absolute atomic E-state index is 4.26. The van der Waals surface area contributed by atoms with E-state index in [0.29, 0.717) is 0 Å². The number of nitrogens with zero attached hydrogens (tertiary/aromatic N) is 1. The first-order chi connectivity index (χ1) is 7.38. The van der Waals surface area contributed by atoms with Gasteiger partial charge < -0.3 is 0 Å². The normalized spacial score (nSPS) is 8.38. The van der Waals surface area contributed by atoms with Gasteiger partial charge in [-0.15, -0.1) is 0 Å². The Morgan fingerprint density at radius 1 is 0.812 bits per heavy atom. The second-order valence-corrected chi connectivity index (χ2v) is 3.13. The Bertz CT molecular complexity index is 335. The molecule has 86 valence electrons.